The van der Waals surface area contributed by atoms with Crippen LogP contribution in [-0.4, -0.2) is 23.6 Å². The molecule has 1 radical (unpaired) electrons. The van der Waals surface area contributed by atoms with Crippen molar-refractivity contribution in [2.45, 2.75) is 0 Å². The molecule has 1 aliphatic rings. The van der Waals surface area contributed by atoms with Crippen LogP contribution in [0.5, 0.6) is 0 Å². The van der Waals surface area contributed by atoms with Crippen molar-refractivity contribution in [3.63, 3.8) is 0 Å². The number of anilines is 1. The fourth-order valence-corrected chi connectivity index (χ4v) is 2.87. The van der Waals surface area contributed by atoms with Gasteiger partial charge in [0.1, 0.15) is 0 Å². The molecular weight excluding hydrogens is 526 g/mol. The Morgan fingerprint density at radius 3 is 2.50 bits per heavy atom. The van der Waals surface area contributed by atoms with Gasteiger partial charge >= 0.3 is 0 Å². The Kier molecular flexibility index (Phi) is 6.64. The summed E-state index contributed by atoms with van der Waals surface area (Å²) in [6.07, 6.45) is 8.81. The van der Waals surface area contributed by atoms with Crippen LogP contribution in [0.1, 0.15) is 0 Å². The zero-order valence-corrected chi connectivity index (χ0v) is 17.8. The first-order valence-corrected chi connectivity index (χ1v) is 8.74. The Morgan fingerprint density at radius 1 is 0.964 bits per heavy atom. The zero-order valence-electron chi connectivity index (χ0n) is 15.4. The molecule has 0 aliphatic carbocycles. The second-order valence-electron chi connectivity index (χ2n) is 6.21. The van der Waals surface area contributed by atoms with E-state index in [1.807, 2.05) is 80.1 Å². The van der Waals surface area contributed by atoms with Gasteiger partial charge in [0.25, 0.3) is 0 Å². The van der Waals surface area contributed by atoms with E-state index in [1.165, 1.54) is 0 Å². The second kappa shape index (κ2) is 9.36. The van der Waals surface area contributed by atoms with Crippen LogP contribution in [0, 0.1) is 12.3 Å². The molecule has 4 nitrogen and oxygen atoms in total. The Hall–Kier alpha value is -2.88. The maximum atomic E-state index is 5.38. The molecule has 0 spiro atoms. The monoisotopic (exact) mass is 546 g/mol. The summed E-state index contributed by atoms with van der Waals surface area (Å²) in [5.74, 6) is 0. The van der Waals surface area contributed by atoms with Crippen molar-refractivity contribution >= 4 is 16.7 Å². The molecule has 0 amide bonds. The van der Waals surface area contributed by atoms with Gasteiger partial charge in [-0.05, 0) is 23.0 Å². The molecule has 1 aliphatic heterocycles. The normalized spacial score (nSPS) is 12.5. The summed E-state index contributed by atoms with van der Waals surface area (Å²) in [6, 6.07) is 24.8. The van der Waals surface area contributed by atoms with Crippen molar-refractivity contribution in [1.82, 2.24) is 9.88 Å². The molecule has 0 unspecified atom stereocenters. The van der Waals surface area contributed by atoms with Crippen LogP contribution in [0.4, 0.5) is 5.69 Å². The number of pyridine rings is 1. The van der Waals surface area contributed by atoms with Crippen molar-refractivity contribution in [2.75, 3.05) is 18.6 Å². The fraction of sp³-hybridized carbons (Fsp3) is 0.0870. The Morgan fingerprint density at radius 2 is 1.79 bits per heavy atom. The summed E-state index contributed by atoms with van der Waals surface area (Å²) in [5.41, 5.74) is 3.90. The smallest absolute Gasteiger partial charge is 0.0917 e. The average Bonchev–Trinajstić information content (AvgIpc) is 3.36. The van der Waals surface area contributed by atoms with Gasteiger partial charge in [-0.2, -0.15) is 0 Å². The van der Waals surface area contributed by atoms with Gasteiger partial charge in [0.05, 0.1) is 6.67 Å². The molecule has 0 atom stereocenters. The first-order chi connectivity index (χ1) is 13.3. The van der Waals surface area contributed by atoms with E-state index in [2.05, 4.69) is 33.2 Å². The third-order valence-corrected chi connectivity index (χ3v) is 4.21. The molecule has 143 valence electrons. The second-order valence-corrected chi connectivity index (χ2v) is 6.21. The van der Waals surface area contributed by atoms with E-state index in [-0.39, 0.29) is 20.1 Å². The molecule has 5 rings (SSSR count). The molecule has 2 aromatic heterocycles. The summed E-state index contributed by atoms with van der Waals surface area (Å²) in [7, 11) is 2.04. The van der Waals surface area contributed by atoms with E-state index in [9.17, 15) is 0 Å². The number of fused-ring (bicyclic) bond motifs is 1. The Labute approximate surface area is 178 Å². The van der Waals surface area contributed by atoms with E-state index in [1.54, 1.807) is 6.20 Å². The number of rotatable bonds is 2. The summed E-state index contributed by atoms with van der Waals surface area (Å²) in [4.78, 5) is 8.44. The molecule has 0 fully saturated rings. The van der Waals surface area contributed by atoms with E-state index >= 15 is 0 Å². The van der Waals surface area contributed by atoms with Gasteiger partial charge in [-0.1, -0.05) is 30.3 Å². The van der Waals surface area contributed by atoms with Crippen LogP contribution in [0.2, 0.25) is 0 Å². The number of para-hydroxylation sites is 1. The zero-order chi connectivity index (χ0) is 18.5. The van der Waals surface area contributed by atoms with E-state index < -0.39 is 0 Å². The molecule has 28 heavy (non-hydrogen) atoms. The minimum Gasteiger partial charge on any atom is -0.589 e. The number of aromatic nitrogens is 1. The van der Waals surface area contributed by atoms with E-state index in [0.717, 1.165) is 34.6 Å². The summed E-state index contributed by atoms with van der Waals surface area (Å²) in [5, 5.41) is 1.11. The van der Waals surface area contributed by atoms with Gasteiger partial charge in [-0.3, -0.25) is 0 Å². The third kappa shape index (κ3) is 4.50. The van der Waals surface area contributed by atoms with Crippen molar-refractivity contribution in [3.05, 3.63) is 97.7 Å². The first kappa shape index (κ1) is 19.9. The topological polar surface area (TPSA) is 32.5 Å². The van der Waals surface area contributed by atoms with E-state index in [0.29, 0.717) is 0 Å². The summed E-state index contributed by atoms with van der Waals surface area (Å²) in [6.45, 7) is 0.847. The minimum absolute atomic E-state index is 0. The van der Waals surface area contributed by atoms with Gasteiger partial charge in [0, 0.05) is 52.0 Å². The van der Waals surface area contributed by atoms with Crippen LogP contribution >= 0.6 is 0 Å². The molecule has 2 aromatic carbocycles. The molecular formula is C23H19IrN3O-2. The van der Waals surface area contributed by atoms with Crippen molar-refractivity contribution in [2.24, 2.45) is 0 Å². The maximum absolute atomic E-state index is 5.38. The third-order valence-electron chi connectivity index (χ3n) is 4.21. The predicted octanol–water partition coefficient (Wildman–Crippen LogP) is 4.96. The van der Waals surface area contributed by atoms with Gasteiger partial charge in [0.2, 0.25) is 0 Å². The van der Waals surface area contributed by atoms with Gasteiger partial charge in [0.15, 0.2) is 0 Å². The van der Waals surface area contributed by atoms with Crippen molar-refractivity contribution < 1.29 is 24.5 Å². The number of benzene rings is 2. The molecule has 3 heterocycles. The molecule has 4 aromatic rings. The van der Waals surface area contributed by atoms with Gasteiger partial charge in [-0.15, -0.1) is 47.3 Å². The quantitative estimate of drug-likeness (QED) is 0.334. The first-order valence-electron chi connectivity index (χ1n) is 8.74. The Bertz CT molecular complexity index is 994. The SMILES string of the molecule is CN1C=CN(c2[c-]oc3ccccc23)C1.[Ir].[c-]1ccccc1-c1ccccn1. The number of nitrogens with zero attached hydrogens (tertiary/aromatic N) is 3. The predicted molar refractivity (Wildman–Crippen MR) is 108 cm³/mol. The van der Waals surface area contributed by atoms with Crippen LogP contribution in [0.15, 0.2) is 89.7 Å². The molecule has 0 bridgehead atoms. The number of hydrogen-bond donors (Lipinski definition) is 0. The summed E-state index contributed by atoms with van der Waals surface area (Å²) < 4.78 is 5.38. The molecule has 0 saturated carbocycles. The van der Waals surface area contributed by atoms with Crippen LogP contribution in [0.3, 0.4) is 0 Å². The fourth-order valence-electron chi connectivity index (χ4n) is 2.87. The maximum Gasteiger partial charge on any atom is 0.0917 e. The van der Waals surface area contributed by atoms with Crippen molar-refractivity contribution in [3.8, 4) is 11.3 Å². The van der Waals surface area contributed by atoms with Gasteiger partial charge in [-0.25, -0.2) is 0 Å². The standard InChI is InChI=1S/C12H11N2O.C11H8N.Ir/c1-13-6-7-14(9-13)11-8-15-12-5-3-2-4-10(11)12;1-2-6-10(7-3-1)11-8-4-5-9-12-11;/h2-7H,9H2,1H3;1-6,8-9H;/q2*-1;. The Balaban J connectivity index is 0.000000159. The minimum atomic E-state index is 0. The van der Waals surface area contributed by atoms with E-state index in [4.69, 9.17) is 4.42 Å². The molecule has 0 N–H and O–H groups in total. The largest absolute Gasteiger partial charge is 0.589 e. The van der Waals surface area contributed by atoms with Gasteiger partial charge < -0.3 is 19.2 Å². The average molecular weight is 546 g/mol. The number of hydrogen-bond acceptors (Lipinski definition) is 4. The van der Waals surface area contributed by atoms with Crippen LogP contribution in [-0.2, 0) is 20.1 Å². The molecule has 5 heteroatoms. The van der Waals surface area contributed by atoms with Crippen LogP contribution < -0.4 is 4.90 Å². The molecule has 0 saturated heterocycles. The van der Waals surface area contributed by atoms with Crippen LogP contribution in [0.25, 0.3) is 22.2 Å². The van der Waals surface area contributed by atoms with Crippen molar-refractivity contribution in [1.29, 1.82) is 0 Å². The summed E-state index contributed by atoms with van der Waals surface area (Å²) >= 11 is 0. The number of furan rings is 1.